The molecule has 0 fully saturated rings. The molecule has 23 heavy (non-hydrogen) atoms. The molecule has 0 saturated carbocycles. The Balaban J connectivity index is 1.79. The van der Waals surface area contributed by atoms with Gasteiger partial charge in [0.1, 0.15) is 17.5 Å². The van der Waals surface area contributed by atoms with E-state index in [2.05, 4.69) is 20.4 Å². The molecule has 4 rings (SSSR count). The minimum Gasteiger partial charge on any atom is -0.350 e. The van der Waals surface area contributed by atoms with Crippen LogP contribution in [0.2, 0.25) is 5.02 Å². The van der Waals surface area contributed by atoms with Crippen molar-refractivity contribution in [1.82, 2.24) is 15.1 Å². The van der Waals surface area contributed by atoms with Crippen LogP contribution in [-0.4, -0.2) is 15.1 Å². The molecule has 0 amide bonds. The molecule has 0 atom stereocenters. The Bertz CT molecular complexity index is 969. The molecule has 6 heteroatoms. The molecule has 5 nitrogen and oxygen atoms in total. The molecule has 0 aliphatic rings. The second kappa shape index (κ2) is 5.70. The Morgan fingerprint density at radius 1 is 0.957 bits per heavy atom. The van der Waals surface area contributed by atoms with Gasteiger partial charge in [0.25, 0.3) is 0 Å². The van der Waals surface area contributed by atoms with Crippen LogP contribution in [0.4, 0.5) is 11.5 Å². The number of anilines is 2. The molecule has 0 spiro atoms. The molecule has 0 aliphatic heterocycles. The summed E-state index contributed by atoms with van der Waals surface area (Å²) in [5, 5.41) is 7.97. The standard InChI is InChI=1S/C17H11ClN4O/c18-12-7-4-8-13(9-12)21-17-16-15(19-10-20-17)14(22-23-16)11-5-2-1-3-6-11/h1-10H,(H,19,20,21). The Morgan fingerprint density at radius 2 is 1.83 bits per heavy atom. The molecular formula is C17H11ClN4O. The van der Waals surface area contributed by atoms with E-state index in [-0.39, 0.29) is 0 Å². The minimum absolute atomic E-state index is 0.506. The van der Waals surface area contributed by atoms with Crippen molar-refractivity contribution in [3.05, 3.63) is 65.9 Å². The number of benzene rings is 2. The lowest BCUT2D eigenvalue weighted by Gasteiger charge is -2.05. The molecule has 2 heterocycles. The molecule has 2 aromatic heterocycles. The van der Waals surface area contributed by atoms with Crippen LogP contribution >= 0.6 is 11.6 Å². The van der Waals surface area contributed by atoms with Crippen LogP contribution < -0.4 is 5.32 Å². The van der Waals surface area contributed by atoms with Crippen molar-refractivity contribution in [2.75, 3.05) is 5.32 Å². The number of hydrogen-bond acceptors (Lipinski definition) is 5. The Labute approximate surface area is 136 Å². The third-order valence-electron chi connectivity index (χ3n) is 3.39. The highest BCUT2D eigenvalue weighted by Crippen LogP contribution is 2.30. The van der Waals surface area contributed by atoms with Gasteiger partial charge in [0.2, 0.25) is 5.58 Å². The third kappa shape index (κ3) is 2.62. The van der Waals surface area contributed by atoms with Crippen LogP contribution in [0.15, 0.2) is 65.4 Å². The summed E-state index contributed by atoms with van der Waals surface area (Å²) in [5.74, 6) is 0.548. The SMILES string of the molecule is Clc1cccc(Nc2ncnc3c(-c4ccccc4)noc23)c1. The topological polar surface area (TPSA) is 63.8 Å². The Kier molecular flexibility index (Phi) is 3.40. The maximum atomic E-state index is 6.00. The smallest absolute Gasteiger partial charge is 0.228 e. The van der Waals surface area contributed by atoms with E-state index in [0.717, 1.165) is 11.3 Å². The minimum atomic E-state index is 0.506. The lowest BCUT2D eigenvalue weighted by molar-refractivity contribution is 0.459. The van der Waals surface area contributed by atoms with Crippen LogP contribution in [0.5, 0.6) is 0 Å². The van der Waals surface area contributed by atoms with Crippen molar-refractivity contribution in [3.8, 4) is 11.3 Å². The number of rotatable bonds is 3. The second-order valence-electron chi connectivity index (χ2n) is 4.93. The number of fused-ring (bicyclic) bond motifs is 1. The number of halogens is 1. The van der Waals surface area contributed by atoms with Crippen molar-refractivity contribution in [3.63, 3.8) is 0 Å². The van der Waals surface area contributed by atoms with E-state index in [0.29, 0.717) is 27.6 Å². The third-order valence-corrected chi connectivity index (χ3v) is 3.63. The molecule has 1 N–H and O–H groups in total. The maximum Gasteiger partial charge on any atom is 0.228 e. The molecule has 2 aromatic carbocycles. The highest BCUT2D eigenvalue weighted by Gasteiger charge is 2.16. The first-order valence-corrected chi connectivity index (χ1v) is 7.37. The Morgan fingerprint density at radius 3 is 2.65 bits per heavy atom. The van der Waals surface area contributed by atoms with Crippen molar-refractivity contribution in [2.45, 2.75) is 0 Å². The largest absolute Gasteiger partial charge is 0.350 e. The van der Waals surface area contributed by atoms with E-state index in [4.69, 9.17) is 16.1 Å². The molecule has 0 radical (unpaired) electrons. The van der Waals surface area contributed by atoms with Crippen LogP contribution in [0, 0.1) is 0 Å². The van der Waals surface area contributed by atoms with Crippen molar-refractivity contribution in [1.29, 1.82) is 0 Å². The first-order valence-electron chi connectivity index (χ1n) is 6.99. The normalized spacial score (nSPS) is 10.8. The van der Waals surface area contributed by atoms with E-state index in [1.807, 2.05) is 54.6 Å². The van der Waals surface area contributed by atoms with E-state index in [1.165, 1.54) is 6.33 Å². The maximum absolute atomic E-state index is 6.00. The van der Waals surface area contributed by atoms with Gasteiger partial charge in [-0.05, 0) is 18.2 Å². The van der Waals surface area contributed by atoms with Gasteiger partial charge in [-0.3, -0.25) is 0 Å². The highest BCUT2D eigenvalue weighted by atomic mass is 35.5. The summed E-state index contributed by atoms with van der Waals surface area (Å²) < 4.78 is 5.47. The monoisotopic (exact) mass is 322 g/mol. The van der Waals surface area contributed by atoms with Crippen LogP contribution in [-0.2, 0) is 0 Å². The first kappa shape index (κ1) is 13.7. The van der Waals surface area contributed by atoms with Gasteiger partial charge in [0.15, 0.2) is 5.82 Å². The van der Waals surface area contributed by atoms with Gasteiger partial charge in [-0.15, -0.1) is 0 Å². The molecule has 0 bridgehead atoms. The van der Waals surface area contributed by atoms with Gasteiger partial charge < -0.3 is 9.84 Å². The predicted molar refractivity (Wildman–Crippen MR) is 89.8 cm³/mol. The number of aromatic nitrogens is 3. The van der Waals surface area contributed by atoms with Crippen molar-refractivity contribution < 1.29 is 4.52 Å². The predicted octanol–water partition coefficient (Wildman–Crippen LogP) is 4.68. The summed E-state index contributed by atoms with van der Waals surface area (Å²) >= 11 is 6.00. The van der Waals surface area contributed by atoms with Gasteiger partial charge in [0, 0.05) is 16.3 Å². The summed E-state index contributed by atoms with van der Waals surface area (Å²) in [6.45, 7) is 0. The fraction of sp³-hybridized carbons (Fsp3) is 0. The van der Waals surface area contributed by atoms with E-state index in [9.17, 15) is 0 Å². The zero-order valence-electron chi connectivity index (χ0n) is 11.9. The van der Waals surface area contributed by atoms with Crippen LogP contribution in [0.25, 0.3) is 22.4 Å². The molecule has 0 unspecified atom stereocenters. The van der Waals surface area contributed by atoms with Gasteiger partial charge in [0.05, 0.1) is 0 Å². The van der Waals surface area contributed by atoms with Crippen molar-refractivity contribution >= 4 is 34.2 Å². The molecule has 112 valence electrons. The molecular weight excluding hydrogens is 312 g/mol. The zero-order chi connectivity index (χ0) is 15.6. The number of hydrogen-bond donors (Lipinski definition) is 1. The first-order chi connectivity index (χ1) is 11.3. The zero-order valence-corrected chi connectivity index (χ0v) is 12.7. The molecule has 0 aliphatic carbocycles. The lowest BCUT2D eigenvalue weighted by Crippen LogP contribution is -1.94. The second-order valence-corrected chi connectivity index (χ2v) is 5.37. The van der Waals surface area contributed by atoms with Gasteiger partial charge in [-0.1, -0.05) is 53.2 Å². The molecule has 4 aromatic rings. The van der Waals surface area contributed by atoms with E-state index >= 15 is 0 Å². The average Bonchev–Trinajstić information content (AvgIpc) is 3.01. The van der Waals surface area contributed by atoms with Gasteiger partial charge in [-0.25, -0.2) is 9.97 Å². The quantitative estimate of drug-likeness (QED) is 0.593. The van der Waals surface area contributed by atoms with Gasteiger partial charge >= 0.3 is 0 Å². The fourth-order valence-electron chi connectivity index (χ4n) is 2.34. The summed E-state index contributed by atoms with van der Waals surface area (Å²) in [4.78, 5) is 8.54. The summed E-state index contributed by atoms with van der Waals surface area (Å²) in [6, 6.07) is 17.1. The van der Waals surface area contributed by atoms with Crippen molar-refractivity contribution in [2.24, 2.45) is 0 Å². The summed E-state index contributed by atoms with van der Waals surface area (Å²) in [6.07, 6.45) is 1.48. The summed E-state index contributed by atoms with van der Waals surface area (Å²) in [5.41, 5.74) is 3.62. The summed E-state index contributed by atoms with van der Waals surface area (Å²) in [7, 11) is 0. The van der Waals surface area contributed by atoms with Gasteiger partial charge in [-0.2, -0.15) is 0 Å². The van der Waals surface area contributed by atoms with Crippen LogP contribution in [0.3, 0.4) is 0 Å². The van der Waals surface area contributed by atoms with E-state index in [1.54, 1.807) is 0 Å². The molecule has 0 saturated heterocycles. The average molecular weight is 323 g/mol. The highest BCUT2D eigenvalue weighted by molar-refractivity contribution is 6.30. The van der Waals surface area contributed by atoms with Crippen LogP contribution in [0.1, 0.15) is 0 Å². The number of nitrogens with zero attached hydrogens (tertiary/aromatic N) is 3. The van der Waals surface area contributed by atoms with E-state index < -0.39 is 0 Å². The Hall–Kier alpha value is -2.92. The lowest BCUT2D eigenvalue weighted by atomic mass is 10.1. The fourth-order valence-corrected chi connectivity index (χ4v) is 2.53. The number of nitrogens with one attached hydrogen (secondary N) is 1.